The monoisotopic (exact) mass is 294 g/mol. The van der Waals surface area contributed by atoms with Crippen LogP contribution >= 0.6 is 22.7 Å². The normalized spacial score (nSPS) is 21.4. The summed E-state index contributed by atoms with van der Waals surface area (Å²) in [5.41, 5.74) is 2.31. The Morgan fingerprint density at radius 2 is 2.16 bits per heavy atom. The van der Waals surface area contributed by atoms with Crippen LogP contribution in [0, 0.1) is 12.3 Å². The summed E-state index contributed by atoms with van der Waals surface area (Å²) < 4.78 is 0. The van der Waals surface area contributed by atoms with Gasteiger partial charge in [-0.2, -0.15) is 0 Å². The lowest BCUT2D eigenvalue weighted by molar-refractivity contribution is 0.102. The van der Waals surface area contributed by atoms with Gasteiger partial charge in [-0.1, -0.05) is 13.8 Å². The molecule has 0 aliphatic heterocycles. The predicted molar refractivity (Wildman–Crippen MR) is 78.8 cm³/mol. The first-order valence-corrected chi connectivity index (χ1v) is 8.20. The third-order valence-corrected chi connectivity index (χ3v) is 5.60. The summed E-state index contributed by atoms with van der Waals surface area (Å²) in [6.07, 6.45) is 2.25. The maximum absolute atomic E-state index is 10.2. The van der Waals surface area contributed by atoms with Crippen LogP contribution in [0.4, 0.5) is 0 Å². The van der Waals surface area contributed by atoms with E-state index in [9.17, 15) is 5.11 Å². The molecule has 0 saturated heterocycles. The molecule has 2 heterocycles. The Morgan fingerprint density at radius 1 is 1.37 bits per heavy atom. The summed E-state index contributed by atoms with van der Waals surface area (Å²) >= 11 is 3.34. The Morgan fingerprint density at radius 3 is 2.84 bits per heavy atom. The average molecular weight is 294 g/mol. The maximum Gasteiger partial charge on any atom is 0.1000 e. The van der Waals surface area contributed by atoms with Gasteiger partial charge in [-0.3, -0.25) is 0 Å². The van der Waals surface area contributed by atoms with Crippen molar-refractivity contribution < 1.29 is 5.11 Å². The molecule has 1 N–H and O–H groups in total. The molecule has 2 aromatic rings. The molecule has 3 nitrogen and oxygen atoms in total. The topological polar surface area (TPSA) is 46.0 Å². The molecule has 0 radical (unpaired) electrons. The van der Waals surface area contributed by atoms with Crippen molar-refractivity contribution >= 4 is 22.7 Å². The highest BCUT2D eigenvalue weighted by molar-refractivity contribution is 7.12. The molecule has 0 fully saturated rings. The third kappa shape index (κ3) is 2.73. The van der Waals surface area contributed by atoms with E-state index in [1.807, 2.05) is 6.92 Å². The molecule has 0 amide bonds. The number of thiazole rings is 2. The lowest BCUT2D eigenvalue weighted by atomic mass is 9.77. The van der Waals surface area contributed by atoms with Gasteiger partial charge in [0.2, 0.25) is 0 Å². The number of nitrogens with zero attached hydrogens (tertiary/aromatic N) is 2. The van der Waals surface area contributed by atoms with E-state index >= 15 is 0 Å². The third-order valence-electron chi connectivity index (χ3n) is 3.44. The van der Waals surface area contributed by atoms with Crippen LogP contribution in [0.5, 0.6) is 0 Å². The number of aliphatic hydroxyl groups is 1. The number of hydrogen-bond donors (Lipinski definition) is 1. The van der Waals surface area contributed by atoms with Gasteiger partial charge in [0.15, 0.2) is 0 Å². The standard InChI is InChI=1S/C14H18N2OS2/c1-8-7-18-11(15-8)4-12-16-9-5-14(2,3)6-10(17)13(9)19-12/h7,10,17H,4-6H2,1-3H3. The fourth-order valence-corrected chi connectivity index (χ4v) is 4.57. The summed E-state index contributed by atoms with van der Waals surface area (Å²) in [5, 5.41) is 14.5. The average Bonchev–Trinajstić information content (AvgIpc) is 2.84. The van der Waals surface area contributed by atoms with Crippen LogP contribution in [0.3, 0.4) is 0 Å². The first-order chi connectivity index (χ1) is 8.93. The van der Waals surface area contributed by atoms with E-state index in [1.54, 1.807) is 22.7 Å². The molecule has 1 aliphatic carbocycles. The Bertz CT molecular complexity index is 600. The van der Waals surface area contributed by atoms with Crippen LogP contribution in [-0.4, -0.2) is 15.1 Å². The van der Waals surface area contributed by atoms with E-state index in [1.165, 1.54) is 0 Å². The van der Waals surface area contributed by atoms with Crippen LogP contribution in [0.1, 0.15) is 52.7 Å². The largest absolute Gasteiger partial charge is 0.387 e. The van der Waals surface area contributed by atoms with Crippen molar-refractivity contribution in [3.63, 3.8) is 0 Å². The van der Waals surface area contributed by atoms with Gasteiger partial charge in [0.25, 0.3) is 0 Å². The van der Waals surface area contributed by atoms with Gasteiger partial charge >= 0.3 is 0 Å². The van der Waals surface area contributed by atoms with Crippen LogP contribution in [0.25, 0.3) is 0 Å². The fourth-order valence-electron chi connectivity index (χ4n) is 2.63. The van der Waals surface area contributed by atoms with Crippen LogP contribution in [0.15, 0.2) is 5.38 Å². The summed E-state index contributed by atoms with van der Waals surface area (Å²) in [6.45, 7) is 6.41. The Hall–Kier alpha value is -0.780. The Balaban J connectivity index is 1.86. The molecule has 1 aliphatic rings. The first-order valence-electron chi connectivity index (χ1n) is 6.50. The van der Waals surface area contributed by atoms with E-state index in [-0.39, 0.29) is 11.5 Å². The molecule has 102 valence electrons. The van der Waals surface area contributed by atoms with Crippen LogP contribution < -0.4 is 0 Å². The van der Waals surface area contributed by atoms with Crippen LogP contribution in [0.2, 0.25) is 0 Å². The number of rotatable bonds is 2. The van der Waals surface area contributed by atoms with Crippen molar-refractivity contribution in [3.05, 3.63) is 31.7 Å². The molecule has 0 bridgehead atoms. The molecule has 19 heavy (non-hydrogen) atoms. The Labute approximate surface area is 121 Å². The molecule has 3 rings (SSSR count). The number of hydrogen-bond acceptors (Lipinski definition) is 5. The second-order valence-corrected chi connectivity index (χ2v) is 8.10. The second kappa shape index (κ2) is 4.65. The van der Waals surface area contributed by atoms with Crippen molar-refractivity contribution in [1.82, 2.24) is 9.97 Å². The van der Waals surface area contributed by atoms with Crippen molar-refractivity contribution in [2.45, 2.75) is 46.1 Å². The van der Waals surface area contributed by atoms with Gasteiger partial charge in [0.1, 0.15) is 0 Å². The quantitative estimate of drug-likeness (QED) is 0.922. The number of aromatic nitrogens is 2. The summed E-state index contributed by atoms with van der Waals surface area (Å²) in [5.74, 6) is 0. The summed E-state index contributed by atoms with van der Waals surface area (Å²) in [4.78, 5) is 10.3. The zero-order chi connectivity index (χ0) is 13.6. The van der Waals surface area contributed by atoms with E-state index in [4.69, 9.17) is 4.98 Å². The zero-order valence-electron chi connectivity index (χ0n) is 11.4. The fraction of sp³-hybridized carbons (Fsp3) is 0.571. The van der Waals surface area contributed by atoms with Crippen molar-refractivity contribution in [1.29, 1.82) is 0 Å². The zero-order valence-corrected chi connectivity index (χ0v) is 13.1. The molecule has 0 spiro atoms. The minimum atomic E-state index is -0.344. The molecular formula is C14H18N2OS2. The summed E-state index contributed by atoms with van der Waals surface area (Å²) in [6, 6.07) is 0. The molecule has 5 heteroatoms. The number of aryl methyl sites for hydroxylation is 1. The summed E-state index contributed by atoms with van der Waals surface area (Å²) in [7, 11) is 0. The Kier molecular flexibility index (Phi) is 3.23. The SMILES string of the molecule is Cc1csc(Cc2nc3c(s2)C(O)CC(C)(C)C3)n1. The molecule has 0 saturated carbocycles. The van der Waals surface area contributed by atoms with Crippen molar-refractivity contribution in [2.75, 3.05) is 0 Å². The highest BCUT2D eigenvalue weighted by Crippen LogP contribution is 2.43. The smallest absolute Gasteiger partial charge is 0.1000 e. The van der Waals surface area contributed by atoms with E-state index in [0.29, 0.717) is 0 Å². The van der Waals surface area contributed by atoms with Gasteiger partial charge < -0.3 is 5.11 Å². The van der Waals surface area contributed by atoms with Gasteiger partial charge in [0, 0.05) is 11.1 Å². The maximum atomic E-state index is 10.2. The molecule has 1 atom stereocenters. The first kappa shape index (κ1) is 13.2. The van der Waals surface area contributed by atoms with Crippen molar-refractivity contribution in [3.8, 4) is 0 Å². The van der Waals surface area contributed by atoms with Crippen LogP contribution in [-0.2, 0) is 12.8 Å². The molecule has 2 aromatic heterocycles. The van der Waals surface area contributed by atoms with E-state index in [0.717, 1.165) is 45.5 Å². The van der Waals surface area contributed by atoms with Gasteiger partial charge in [0.05, 0.1) is 33.1 Å². The highest BCUT2D eigenvalue weighted by Gasteiger charge is 2.34. The number of aliphatic hydroxyl groups excluding tert-OH is 1. The number of fused-ring (bicyclic) bond motifs is 1. The van der Waals surface area contributed by atoms with E-state index < -0.39 is 0 Å². The minimum Gasteiger partial charge on any atom is -0.387 e. The van der Waals surface area contributed by atoms with Gasteiger partial charge in [-0.25, -0.2) is 9.97 Å². The lowest BCUT2D eigenvalue weighted by Crippen LogP contribution is -2.24. The van der Waals surface area contributed by atoms with Gasteiger partial charge in [-0.05, 0) is 25.2 Å². The van der Waals surface area contributed by atoms with Crippen molar-refractivity contribution in [2.24, 2.45) is 5.41 Å². The van der Waals surface area contributed by atoms with E-state index in [2.05, 4.69) is 24.2 Å². The lowest BCUT2D eigenvalue weighted by Gasteiger charge is -2.31. The predicted octanol–water partition coefficient (Wildman–Crippen LogP) is 3.50. The molecular weight excluding hydrogens is 276 g/mol. The molecule has 1 unspecified atom stereocenters. The van der Waals surface area contributed by atoms with Gasteiger partial charge in [-0.15, -0.1) is 22.7 Å². The molecule has 0 aromatic carbocycles. The highest BCUT2D eigenvalue weighted by atomic mass is 32.1. The minimum absolute atomic E-state index is 0.148. The second-order valence-electron chi connectivity index (χ2n) is 6.04.